The summed E-state index contributed by atoms with van der Waals surface area (Å²) in [7, 11) is 0. The van der Waals surface area contributed by atoms with Crippen LogP contribution in [0.3, 0.4) is 0 Å². The van der Waals surface area contributed by atoms with Gasteiger partial charge in [0.05, 0.1) is 5.69 Å². The number of esters is 1. The number of anilines is 2. The minimum Gasteiger partial charge on any atom is -0.448 e. The van der Waals surface area contributed by atoms with Crippen molar-refractivity contribution in [2.75, 3.05) is 10.3 Å². The maximum absolute atomic E-state index is 12.5. The van der Waals surface area contributed by atoms with Gasteiger partial charge in [0.25, 0.3) is 5.91 Å². The van der Waals surface area contributed by atoms with Gasteiger partial charge in [0.1, 0.15) is 5.71 Å². The molecule has 160 valence electrons. The molecule has 1 unspecified atom stereocenters. The Morgan fingerprint density at radius 3 is 2.48 bits per heavy atom. The highest BCUT2D eigenvalue weighted by Crippen LogP contribution is 2.21. The Kier molecular flexibility index (Phi) is 6.44. The predicted molar refractivity (Wildman–Crippen MR) is 114 cm³/mol. The van der Waals surface area contributed by atoms with Crippen LogP contribution in [0.1, 0.15) is 35.7 Å². The van der Waals surface area contributed by atoms with Gasteiger partial charge in [-0.05, 0) is 55.8 Å². The summed E-state index contributed by atoms with van der Waals surface area (Å²) >= 11 is 0. The molecule has 0 saturated carbocycles. The van der Waals surface area contributed by atoms with E-state index in [1.807, 2.05) is 13.0 Å². The van der Waals surface area contributed by atoms with E-state index in [4.69, 9.17) is 10.5 Å². The van der Waals surface area contributed by atoms with Crippen molar-refractivity contribution in [2.45, 2.75) is 32.8 Å². The van der Waals surface area contributed by atoms with Crippen molar-refractivity contribution in [3.8, 4) is 0 Å². The number of amides is 3. The number of hydrazone groups is 1. The van der Waals surface area contributed by atoms with Crippen LogP contribution < -0.4 is 16.1 Å². The lowest BCUT2D eigenvalue weighted by Crippen LogP contribution is -2.37. The number of nitrogens with one attached hydrogen (secondary N) is 1. The molecule has 1 atom stereocenters. The first-order valence-corrected chi connectivity index (χ1v) is 9.63. The van der Waals surface area contributed by atoms with E-state index in [0.29, 0.717) is 16.9 Å². The summed E-state index contributed by atoms with van der Waals surface area (Å²) in [6.07, 6.45) is -0.867. The largest absolute Gasteiger partial charge is 0.448 e. The molecule has 0 aromatic heterocycles. The number of carbonyl (C=O) groups is 4. The number of hydrogen-bond acceptors (Lipinski definition) is 6. The molecule has 0 bridgehead atoms. The third-order valence-electron chi connectivity index (χ3n) is 4.60. The lowest BCUT2D eigenvalue weighted by molar-refractivity contribution is -0.146. The maximum Gasteiger partial charge on any atom is 0.355 e. The van der Waals surface area contributed by atoms with Crippen molar-refractivity contribution in [3.63, 3.8) is 0 Å². The van der Waals surface area contributed by atoms with Gasteiger partial charge in [0, 0.05) is 24.1 Å². The van der Waals surface area contributed by atoms with Crippen molar-refractivity contribution in [2.24, 2.45) is 10.8 Å². The van der Waals surface area contributed by atoms with Crippen molar-refractivity contribution in [1.29, 1.82) is 0 Å². The summed E-state index contributed by atoms with van der Waals surface area (Å²) in [5.74, 6) is -2.13. The fraction of sp³-hybridized carbons (Fsp3) is 0.227. The smallest absolute Gasteiger partial charge is 0.355 e. The van der Waals surface area contributed by atoms with E-state index in [-0.39, 0.29) is 24.5 Å². The fourth-order valence-electron chi connectivity index (χ4n) is 2.91. The molecule has 0 radical (unpaired) electrons. The molecule has 2 aromatic rings. The third-order valence-corrected chi connectivity index (χ3v) is 4.60. The van der Waals surface area contributed by atoms with Gasteiger partial charge in [-0.25, -0.2) is 9.80 Å². The van der Waals surface area contributed by atoms with Crippen LogP contribution in [-0.2, 0) is 19.1 Å². The number of aryl methyl sites for hydroxylation is 1. The molecule has 3 N–H and O–H groups in total. The van der Waals surface area contributed by atoms with Crippen LogP contribution in [0.2, 0.25) is 0 Å². The number of ether oxygens (including phenoxy) is 1. The van der Waals surface area contributed by atoms with E-state index < -0.39 is 23.9 Å². The van der Waals surface area contributed by atoms with Gasteiger partial charge in [0.15, 0.2) is 6.10 Å². The SMILES string of the molecule is Cc1cccc(N2N=C(C(=O)OC(C)C(=O)Nc3ccc(C(N)=O)cc3)CCC2=O)c1. The number of carbonyl (C=O) groups excluding carboxylic acids is 4. The fourth-order valence-corrected chi connectivity index (χ4v) is 2.91. The first kappa shape index (κ1) is 21.7. The Bertz CT molecular complexity index is 1060. The maximum atomic E-state index is 12.5. The highest BCUT2D eigenvalue weighted by atomic mass is 16.5. The first-order valence-electron chi connectivity index (χ1n) is 9.63. The summed E-state index contributed by atoms with van der Waals surface area (Å²) in [5, 5.41) is 7.92. The van der Waals surface area contributed by atoms with Crippen molar-refractivity contribution in [3.05, 3.63) is 59.7 Å². The topological polar surface area (TPSA) is 131 Å². The minimum absolute atomic E-state index is 0.0616. The summed E-state index contributed by atoms with van der Waals surface area (Å²) < 4.78 is 5.24. The second kappa shape index (κ2) is 9.21. The summed E-state index contributed by atoms with van der Waals surface area (Å²) in [4.78, 5) is 48.2. The van der Waals surface area contributed by atoms with E-state index in [0.717, 1.165) is 5.56 Å². The van der Waals surface area contributed by atoms with E-state index >= 15 is 0 Å². The van der Waals surface area contributed by atoms with Crippen LogP contribution in [0.25, 0.3) is 0 Å². The average Bonchev–Trinajstić information content (AvgIpc) is 2.74. The highest BCUT2D eigenvalue weighted by molar-refractivity contribution is 6.38. The summed E-state index contributed by atoms with van der Waals surface area (Å²) in [6, 6.07) is 13.2. The van der Waals surface area contributed by atoms with Crippen LogP contribution in [0.15, 0.2) is 53.6 Å². The lowest BCUT2D eigenvalue weighted by atomic mass is 10.1. The normalized spacial score (nSPS) is 14.5. The Morgan fingerprint density at radius 1 is 1.13 bits per heavy atom. The predicted octanol–water partition coefficient (Wildman–Crippen LogP) is 2.15. The van der Waals surface area contributed by atoms with Crippen LogP contribution >= 0.6 is 0 Å². The number of nitrogens with zero attached hydrogens (tertiary/aromatic N) is 2. The van der Waals surface area contributed by atoms with Gasteiger partial charge >= 0.3 is 5.97 Å². The van der Waals surface area contributed by atoms with Gasteiger partial charge in [-0.3, -0.25) is 14.4 Å². The molecule has 2 aromatic carbocycles. The molecule has 0 saturated heterocycles. The van der Waals surface area contributed by atoms with E-state index in [9.17, 15) is 19.2 Å². The van der Waals surface area contributed by atoms with Gasteiger partial charge in [-0.15, -0.1) is 0 Å². The highest BCUT2D eigenvalue weighted by Gasteiger charge is 2.28. The molecular weight excluding hydrogens is 400 g/mol. The molecule has 1 heterocycles. The number of hydrogen-bond donors (Lipinski definition) is 2. The van der Waals surface area contributed by atoms with Crippen molar-refractivity contribution >= 4 is 40.8 Å². The molecule has 0 spiro atoms. The standard InChI is InChI=1S/C22H22N4O5/c1-13-4-3-5-17(12-13)26-19(27)11-10-18(25-26)22(30)31-14(2)21(29)24-16-8-6-15(7-9-16)20(23)28/h3-9,12,14H,10-11H2,1-2H3,(H2,23,28)(H,24,29). The summed E-state index contributed by atoms with van der Waals surface area (Å²) in [5.41, 5.74) is 7.47. The van der Waals surface area contributed by atoms with Gasteiger partial charge in [0.2, 0.25) is 11.8 Å². The minimum atomic E-state index is -1.10. The van der Waals surface area contributed by atoms with Crippen molar-refractivity contribution in [1.82, 2.24) is 0 Å². The molecule has 1 aliphatic rings. The van der Waals surface area contributed by atoms with Crippen LogP contribution in [-0.4, -0.2) is 35.5 Å². The third kappa shape index (κ3) is 5.33. The number of rotatable bonds is 6. The summed E-state index contributed by atoms with van der Waals surface area (Å²) in [6.45, 7) is 3.32. The van der Waals surface area contributed by atoms with E-state index in [1.54, 1.807) is 18.2 Å². The van der Waals surface area contributed by atoms with Gasteiger partial charge in [-0.2, -0.15) is 5.10 Å². The Hall–Kier alpha value is -4.01. The zero-order chi connectivity index (χ0) is 22.5. The Morgan fingerprint density at radius 2 is 1.84 bits per heavy atom. The number of nitrogens with two attached hydrogens (primary N) is 1. The molecule has 9 nitrogen and oxygen atoms in total. The van der Waals surface area contributed by atoms with Crippen molar-refractivity contribution < 1.29 is 23.9 Å². The average molecular weight is 422 g/mol. The second-order valence-electron chi connectivity index (χ2n) is 7.07. The van der Waals surface area contributed by atoms with Gasteiger partial charge < -0.3 is 15.8 Å². The molecule has 3 rings (SSSR count). The second-order valence-corrected chi connectivity index (χ2v) is 7.07. The zero-order valence-electron chi connectivity index (χ0n) is 17.1. The molecule has 3 amide bonds. The first-order chi connectivity index (χ1) is 14.7. The lowest BCUT2D eigenvalue weighted by Gasteiger charge is -2.23. The Labute approximate surface area is 178 Å². The van der Waals surface area contributed by atoms with Crippen LogP contribution in [0.4, 0.5) is 11.4 Å². The zero-order valence-corrected chi connectivity index (χ0v) is 17.1. The monoisotopic (exact) mass is 422 g/mol. The van der Waals surface area contributed by atoms with E-state index in [1.165, 1.54) is 36.2 Å². The van der Waals surface area contributed by atoms with Crippen LogP contribution in [0.5, 0.6) is 0 Å². The number of benzene rings is 2. The van der Waals surface area contributed by atoms with E-state index in [2.05, 4.69) is 10.4 Å². The molecule has 9 heteroatoms. The molecule has 0 fully saturated rings. The Balaban J connectivity index is 1.65. The quantitative estimate of drug-likeness (QED) is 0.689. The molecule has 31 heavy (non-hydrogen) atoms. The van der Waals surface area contributed by atoms with Gasteiger partial charge in [-0.1, -0.05) is 12.1 Å². The molecular formula is C22H22N4O5. The number of primary amides is 1. The molecule has 0 aliphatic carbocycles. The van der Waals surface area contributed by atoms with Crippen LogP contribution in [0, 0.1) is 6.92 Å². The molecule has 1 aliphatic heterocycles.